The van der Waals surface area contributed by atoms with Crippen LogP contribution in [0, 0.1) is 5.92 Å². The molecule has 74 heavy (non-hydrogen) atoms. The number of aromatic amines is 1. The number of carbonyl (C=O) groups is 10. The number of nitrogens with one attached hydrogen (secondary N) is 9. The Balaban J connectivity index is 1.41. The van der Waals surface area contributed by atoms with Crippen LogP contribution in [0.3, 0.4) is 0 Å². The maximum atomic E-state index is 14.0. The standard InChI is InChI=1S/C50H72N12O12/c1-27(2)41(48(72)55-26-40(65)66)60-44(68)35(18-11-12-20-51)58-46(70)36(22-31-14-7-6-8-15-31)57-39(64)25-54-49(73)42(30(5)63)61-47(71)38-19-13-21-62(38)50(74)29(4)56-45(69)37(59-43(67)28(3)52)23-32-24-53-34-17-10-9-16-33(32)34/h6-10,14-17,24,27-30,35-38,41-42,53,63H,11-13,18-23,25-26,51-52H2,1-5H3,(H,54,73)(H,55,72)(H,56,69)(H,57,64)(H,58,70)(H,59,67)(H,60,68)(H,61,71)(H,65,66)/t28-,29-,30+,35-,36-,37-,38-,41-,42-/m0/s1. The first-order chi connectivity index (χ1) is 35.1. The fourth-order valence-corrected chi connectivity index (χ4v) is 8.29. The van der Waals surface area contributed by atoms with Gasteiger partial charge in [0.25, 0.3) is 0 Å². The lowest BCUT2D eigenvalue weighted by Crippen LogP contribution is -2.60. The lowest BCUT2D eigenvalue weighted by atomic mass is 10.0. The van der Waals surface area contributed by atoms with E-state index >= 15 is 0 Å². The average Bonchev–Trinajstić information content (AvgIpc) is 4.02. The molecule has 0 bridgehead atoms. The van der Waals surface area contributed by atoms with Crippen LogP contribution < -0.4 is 54.0 Å². The van der Waals surface area contributed by atoms with Crippen LogP contribution in [-0.4, -0.2) is 160 Å². The first kappa shape index (κ1) is 59.1. The van der Waals surface area contributed by atoms with Gasteiger partial charge in [-0.3, -0.25) is 47.9 Å². The van der Waals surface area contributed by atoms with Crippen molar-refractivity contribution in [3.63, 3.8) is 0 Å². The number of benzene rings is 2. The van der Waals surface area contributed by atoms with Crippen LogP contribution in [0.1, 0.15) is 77.8 Å². The van der Waals surface area contributed by atoms with Crippen molar-refractivity contribution in [2.45, 2.75) is 134 Å². The van der Waals surface area contributed by atoms with Gasteiger partial charge in [0.05, 0.1) is 18.7 Å². The van der Waals surface area contributed by atoms with Crippen LogP contribution in [0.5, 0.6) is 0 Å². The highest BCUT2D eigenvalue weighted by Crippen LogP contribution is 2.21. The summed E-state index contributed by atoms with van der Waals surface area (Å²) in [6.45, 7) is 6.45. The molecule has 9 amide bonds. The third-order valence-corrected chi connectivity index (χ3v) is 12.4. The molecule has 9 atom stereocenters. The minimum atomic E-state index is -1.61. The molecular weight excluding hydrogens is 961 g/mol. The number of unbranched alkanes of at least 4 members (excludes halogenated alkanes) is 1. The molecule has 0 spiro atoms. The molecule has 24 nitrogen and oxygen atoms in total. The first-order valence-electron chi connectivity index (χ1n) is 24.7. The Bertz CT molecular complexity index is 2450. The number of rotatable bonds is 28. The predicted molar refractivity (Wildman–Crippen MR) is 271 cm³/mol. The normalized spacial score (nSPS) is 16.5. The van der Waals surface area contributed by atoms with Gasteiger partial charge in [-0.1, -0.05) is 62.4 Å². The molecule has 0 unspecified atom stereocenters. The van der Waals surface area contributed by atoms with Crippen molar-refractivity contribution in [3.05, 3.63) is 71.9 Å². The molecule has 0 radical (unpaired) electrons. The quantitative estimate of drug-likeness (QED) is 0.0341. The molecule has 1 aliphatic rings. The topological polar surface area (TPSA) is 378 Å². The monoisotopic (exact) mass is 1030 g/mol. The molecule has 404 valence electrons. The van der Waals surface area contributed by atoms with Gasteiger partial charge < -0.3 is 74.1 Å². The Kier molecular flexibility index (Phi) is 22.9. The minimum absolute atomic E-state index is 0.0588. The van der Waals surface area contributed by atoms with Crippen molar-refractivity contribution >= 4 is 70.0 Å². The molecule has 0 saturated carbocycles. The zero-order chi connectivity index (χ0) is 54.6. The summed E-state index contributed by atoms with van der Waals surface area (Å²) in [5, 5.41) is 40.8. The number of aliphatic hydroxyl groups is 1. The summed E-state index contributed by atoms with van der Waals surface area (Å²) in [6, 6.07) is 6.41. The van der Waals surface area contributed by atoms with Crippen LogP contribution in [0.2, 0.25) is 0 Å². The van der Waals surface area contributed by atoms with Crippen LogP contribution in [0.4, 0.5) is 0 Å². The Hall–Kier alpha value is -7.44. The number of amides is 9. The first-order valence-corrected chi connectivity index (χ1v) is 24.7. The maximum absolute atomic E-state index is 14.0. The summed E-state index contributed by atoms with van der Waals surface area (Å²) >= 11 is 0. The molecule has 1 fully saturated rings. The fourth-order valence-electron chi connectivity index (χ4n) is 8.29. The Labute approximate surface area is 429 Å². The second kappa shape index (κ2) is 28.7. The van der Waals surface area contributed by atoms with Gasteiger partial charge in [-0.15, -0.1) is 0 Å². The lowest BCUT2D eigenvalue weighted by molar-refractivity contribution is -0.142. The molecule has 1 saturated heterocycles. The smallest absolute Gasteiger partial charge is 0.322 e. The molecule has 2 aromatic carbocycles. The van der Waals surface area contributed by atoms with E-state index in [1.807, 2.05) is 24.3 Å². The summed E-state index contributed by atoms with van der Waals surface area (Å²) in [6.07, 6.45) is 1.80. The number of hydrogen-bond donors (Lipinski definition) is 13. The van der Waals surface area contributed by atoms with Gasteiger partial charge in [0.2, 0.25) is 53.2 Å². The Morgan fingerprint density at radius 1 is 0.689 bits per heavy atom. The van der Waals surface area contributed by atoms with Gasteiger partial charge in [-0.05, 0) is 82.5 Å². The second-order valence-corrected chi connectivity index (χ2v) is 18.8. The number of aliphatic hydroxyl groups excluding tert-OH is 1. The van der Waals surface area contributed by atoms with Crippen LogP contribution >= 0.6 is 0 Å². The summed E-state index contributed by atoms with van der Waals surface area (Å²) in [5.74, 6) is -8.50. The van der Waals surface area contributed by atoms with E-state index in [4.69, 9.17) is 16.6 Å². The van der Waals surface area contributed by atoms with Crippen LogP contribution in [0.15, 0.2) is 60.8 Å². The van der Waals surface area contributed by atoms with Crippen molar-refractivity contribution in [3.8, 4) is 0 Å². The molecule has 3 aromatic rings. The number of para-hydroxylation sites is 1. The van der Waals surface area contributed by atoms with Gasteiger partial charge in [0.15, 0.2) is 0 Å². The van der Waals surface area contributed by atoms with Gasteiger partial charge in [-0.2, -0.15) is 0 Å². The number of carbonyl (C=O) groups excluding carboxylic acids is 9. The van der Waals surface area contributed by atoms with E-state index in [0.717, 1.165) is 16.5 Å². The van der Waals surface area contributed by atoms with Crippen molar-refractivity contribution in [1.82, 2.24) is 52.4 Å². The van der Waals surface area contributed by atoms with E-state index in [-0.39, 0.29) is 32.2 Å². The second-order valence-electron chi connectivity index (χ2n) is 18.8. The van der Waals surface area contributed by atoms with Gasteiger partial charge in [0.1, 0.15) is 48.8 Å². The predicted octanol–water partition coefficient (Wildman–Crippen LogP) is -2.30. The number of likely N-dealkylation sites (tertiary alicyclic amines) is 1. The lowest BCUT2D eigenvalue weighted by Gasteiger charge is -2.30. The average molecular weight is 1030 g/mol. The van der Waals surface area contributed by atoms with Crippen LogP contribution in [-0.2, 0) is 60.8 Å². The van der Waals surface area contributed by atoms with E-state index < -0.39 is 133 Å². The zero-order valence-corrected chi connectivity index (χ0v) is 42.4. The molecule has 2 heterocycles. The third-order valence-electron chi connectivity index (χ3n) is 12.4. The largest absolute Gasteiger partial charge is 0.480 e. The highest BCUT2D eigenvalue weighted by molar-refractivity contribution is 5.98. The van der Waals surface area contributed by atoms with E-state index in [2.05, 4.69) is 47.5 Å². The minimum Gasteiger partial charge on any atom is -0.480 e. The van der Waals surface area contributed by atoms with Gasteiger partial charge in [0, 0.05) is 36.5 Å². The third kappa shape index (κ3) is 17.7. The van der Waals surface area contributed by atoms with Gasteiger partial charge >= 0.3 is 5.97 Å². The fraction of sp³-hybridized carbons (Fsp3) is 0.520. The summed E-state index contributed by atoms with van der Waals surface area (Å²) in [7, 11) is 0. The molecule has 4 rings (SSSR count). The number of nitrogens with two attached hydrogens (primary N) is 2. The highest BCUT2D eigenvalue weighted by Gasteiger charge is 2.39. The summed E-state index contributed by atoms with van der Waals surface area (Å²) in [4.78, 5) is 137. The number of H-pyrrole nitrogens is 1. The zero-order valence-electron chi connectivity index (χ0n) is 42.4. The number of fused-ring (bicyclic) bond motifs is 1. The van der Waals surface area contributed by atoms with E-state index in [1.165, 1.54) is 25.7 Å². The number of aromatic nitrogens is 1. The number of hydrogen-bond acceptors (Lipinski definition) is 13. The van der Waals surface area contributed by atoms with E-state index in [9.17, 15) is 53.1 Å². The number of carboxylic acids is 1. The molecule has 15 N–H and O–H groups in total. The van der Waals surface area contributed by atoms with Crippen molar-refractivity contribution in [2.75, 3.05) is 26.2 Å². The van der Waals surface area contributed by atoms with Crippen molar-refractivity contribution in [1.29, 1.82) is 0 Å². The molecule has 0 aliphatic carbocycles. The van der Waals surface area contributed by atoms with Crippen LogP contribution in [0.25, 0.3) is 10.9 Å². The molecule has 1 aliphatic heterocycles. The van der Waals surface area contributed by atoms with E-state index in [0.29, 0.717) is 31.4 Å². The Morgan fingerprint density at radius 3 is 1.95 bits per heavy atom. The maximum Gasteiger partial charge on any atom is 0.322 e. The number of aliphatic carboxylic acids is 1. The number of nitrogens with zero attached hydrogens (tertiary/aromatic N) is 1. The SMILES string of the molecule is CC(C)[C@H](NC(=O)[C@H](CCCCN)NC(=O)[C@H](Cc1ccccc1)NC(=O)CNC(=O)[C@@H](NC(=O)[C@@H]1CCCN1C(=O)[C@H](C)NC(=O)[C@H](Cc1c[nH]c2ccccc12)NC(=O)[C@H](C)N)[C@@H](C)O)C(=O)NCC(=O)O. The van der Waals surface area contributed by atoms with E-state index in [1.54, 1.807) is 50.4 Å². The number of carboxylic acid groups (broad SMARTS) is 1. The summed E-state index contributed by atoms with van der Waals surface area (Å²) < 4.78 is 0. The van der Waals surface area contributed by atoms with Crippen molar-refractivity contribution in [2.24, 2.45) is 17.4 Å². The van der Waals surface area contributed by atoms with Gasteiger partial charge in [-0.25, -0.2) is 0 Å². The molecule has 24 heteroatoms. The molecular formula is C50H72N12O12. The Morgan fingerprint density at radius 2 is 1.30 bits per heavy atom. The van der Waals surface area contributed by atoms with Crippen molar-refractivity contribution < 1.29 is 58.2 Å². The highest BCUT2D eigenvalue weighted by atomic mass is 16.4. The summed E-state index contributed by atoms with van der Waals surface area (Å²) in [5.41, 5.74) is 13.7. The molecule has 1 aromatic heterocycles.